The average Bonchev–Trinajstić information content (AvgIpc) is 3.34. The van der Waals surface area contributed by atoms with Crippen molar-refractivity contribution in [1.82, 2.24) is 15.0 Å². The SMILES string of the molecule is COc1cc(O)c(C(=O)c2ccccc2)cc1S(=O)(=O)O.Cc1ccc(O)c(-n2nc3ccccc3n2)c1. The van der Waals surface area contributed by atoms with Gasteiger partial charge in [-0.25, -0.2) is 0 Å². The predicted molar refractivity (Wildman–Crippen MR) is 140 cm³/mol. The second-order valence-electron chi connectivity index (χ2n) is 8.16. The normalized spacial score (nSPS) is 11.0. The second kappa shape index (κ2) is 10.7. The highest BCUT2D eigenvalue weighted by Crippen LogP contribution is 2.32. The Morgan fingerprint density at radius 1 is 0.842 bits per heavy atom. The highest BCUT2D eigenvalue weighted by atomic mass is 32.2. The van der Waals surface area contributed by atoms with Crippen LogP contribution >= 0.6 is 0 Å². The van der Waals surface area contributed by atoms with E-state index >= 15 is 0 Å². The van der Waals surface area contributed by atoms with Crippen LogP contribution in [0.3, 0.4) is 0 Å². The van der Waals surface area contributed by atoms with Crippen molar-refractivity contribution in [3.63, 3.8) is 0 Å². The molecule has 1 aromatic heterocycles. The van der Waals surface area contributed by atoms with E-state index in [1.54, 1.807) is 24.3 Å². The molecule has 4 aromatic carbocycles. The summed E-state index contributed by atoms with van der Waals surface area (Å²) in [6, 6.07) is 22.9. The fourth-order valence-electron chi connectivity index (χ4n) is 3.60. The number of nitrogens with zero attached hydrogens (tertiary/aromatic N) is 3. The number of fused-ring (bicyclic) bond motifs is 1. The number of hydrogen-bond acceptors (Lipinski definition) is 8. The van der Waals surface area contributed by atoms with Crippen molar-refractivity contribution in [2.24, 2.45) is 0 Å². The summed E-state index contributed by atoms with van der Waals surface area (Å²) in [6.45, 7) is 1.96. The molecule has 0 aliphatic rings. The molecule has 5 rings (SSSR count). The van der Waals surface area contributed by atoms with Crippen molar-refractivity contribution in [2.45, 2.75) is 11.8 Å². The molecular weight excluding hydrogens is 510 g/mol. The topological polar surface area (TPSA) is 152 Å². The van der Waals surface area contributed by atoms with Crippen LogP contribution in [0.25, 0.3) is 16.7 Å². The van der Waals surface area contributed by atoms with Gasteiger partial charge in [0.15, 0.2) is 5.78 Å². The Hall–Kier alpha value is -4.74. The summed E-state index contributed by atoms with van der Waals surface area (Å²) < 4.78 is 36.6. The van der Waals surface area contributed by atoms with E-state index in [4.69, 9.17) is 9.29 Å². The van der Waals surface area contributed by atoms with Crippen LogP contribution in [0.15, 0.2) is 89.8 Å². The van der Waals surface area contributed by atoms with Crippen LogP contribution in [0.4, 0.5) is 0 Å². The Bertz CT molecular complexity index is 1700. The standard InChI is InChI=1S/C14H12O6S.C13H11N3O/c1-20-12-8-11(15)10(7-13(12)21(17,18)19)14(16)9-5-3-2-4-6-9;1-9-6-7-13(17)12(8-9)16-14-10-4-2-3-5-11(10)15-16/h2-8,15H,1H3,(H,17,18,19);2-8,17H,1H3. The van der Waals surface area contributed by atoms with Crippen molar-refractivity contribution >= 4 is 26.9 Å². The second-order valence-corrected chi connectivity index (χ2v) is 9.55. The lowest BCUT2D eigenvalue weighted by molar-refractivity contribution is 0.103. The number of phenolic OH excluding ortho intramolecular Hbond substituents is 2. The molecule has 0 aliphatic heterocycles. The number of aromatic hydroxyl groups is 2. The van der Waals surface area contributed by atoms with Crippen LogP contribution in [0.1, 0.15) is 21.5 Å². The van der Waals surface area contributed by atoms with Gasteiger partial charge < -0.3 is 14.9 Å². The van der Waals surface area contributed by atoms with E-state index in [0.29, 0.717) is 5.69 Å². The average molecular weight is 534 g/mol. The van der Waals surface area contributed by atoms with Gasteiger partial charge in [0.1, 0.15) is 38.9 Å². The number of carbonyl (C=O) groups excluding carboxylic acids is 1. The van der Waals surface area contributed by atoms with Gasteiger partial charge in [0.05, 0.1) is 12.7 Å². The summed E-state index contributed by atoms with van der Waals surface area (Å²) >= 11 is 0. The zero-order valence-electron chi connectivity index (χ0n) is 20.3. The molecule has 11 heteroatoms. The van der Waals surface area contributed by atoms with E-state index in [2.05, 4.69) is 10.2 Å². The van der Waals surface area contributed by atoms with Gasteiger partial charge in [0, 0.05) is 11.6 Å². The summed E-state index contributed by atoms with van der Waals surface area (Å²) in [5, 5.41) is 28.3. The van der Waals surface area contributed by atoms with E-state index in [0.717, 1.165) is 28.7 Å². The smallest absolute Gasteiger partial charge is 0.298 e. The van der Waals surface area contributed by atoms with E-state index in [-0.39, 0.29) is 22.6 Å². The number of methoxy groups -OCH3 is 1. The van der Waals surface area contributed by atoms with E-state index in [9.17, 15) is 23.4 Å². The van der Waals surface area contributed by atoms with E-state index < -0.39 is 26.5 Å². The van der Waals surface area contributed by atoms with Crippen molar-refractivity contribution in [1.29, 1.82) is 0 Å². The first-order valence-electron chi connectivity index (χ1n) is 11.2. The first-order chi connectivity index (χ1) is 18.1. The van der Waals surface area contributed by atoms with E-state index in [1.807, 2.05) is 43.3 Å². The van der Waals surface area contributed by atoms with Gasteiger partial charge in [-0.3, -0.25) is 9.35 Å². The Kier molecular flexibility index (Phi) is 7.42. The van der Waals surface area contributed by atoms with Gasteiger partial charge in [-0.1, -0.05) is 48.5 Å². The Labute approximate surface area is 218 Å². The molecule has 0 saturated heterocycles. The molecule has 38 heavy (non-hydrogen) atoms. The molecule has 10 nitrogen and oxygen atoms in total. The maximum atomic E-state index is 12.3. The monoisotopic (exact) mass is 533 g/mol. The minimum atomic E-state index is -4.59. The number of benzene rings is 4. The number of phenols is 2. The number of ether oxygens (including phenoxy) is 1. The number of carbonyl (C=O) groups is 1. The maximum absolute atomic E-state index is 12.3. The molecular formula is C27H23N3O7S. The highest BCUT2D eigenvalue weighted by molar-refractivity contribution is 7.86. The van der Waals surface area contributed by atoms with Crippen LogP contribution in [0, 0.1) is 6.92 Å². The Morgan fingerprint density at radius 3 is 2.03 bits per heavy atom. The number of ketones is 1. The first kappa shape index (κ1) is 26.3. The lowest BCUT2D eigenvalue weighted by Gasteiger charge is -2.10. The first-order valence-corrected chi connectivity index (χ1v) is 12.6. The third-order valence-corrected chi connectivity index (χ3v) is 6.35. The summed E-state index contributed by atoms with van der Waals surface area (Å²) in [5.41, 5.74) is 3.32. The van der Waals surface area contributed by atoms with Crippen molar-refractivity contribution < 1.29 is 32.7 Å². The summed E-state index contributed by atoms with van der Waals surface area (Å²) in [7, 11) is -3.41. The fraction of sp³-hybridized carbons (Fsp3) is 0.0741. The summed E-state index contributed by atoms with van der Waals surface area (Å²) in [4.78, 5) is 13.2. The zero-order chi connectivity index (χ0) is 27.4. The van der Waals surface area contributed by atoms with Crippen LogP contribution in [0.5, 0.6) is 17.2 Å². The van der Waals surface area contributed by atoms with Gasteiger partial charge in [-0.2, -0.15) is 8.42 Å². The van der Waals surface area contributed by atoms with Crippen LogP contribution in [0.2, 0.25) is 0 Å². The Balaban J connectivity index is 0.000000180. The molecule has 3 N–H and O–H groups in total. The third kappa shape index (κ3) is 5.64. The molecule has 1 heterocycles. The van der Waals surface area contributed by atoms with Gasteiger partial charge in [0.2, 0.25) is 0 Å². The molecule has 0 amide bonds. The van der Waals surface area contributed by atoms with Crippen molar-refractivity contribution in [3.05, 3.63) is 102 Å². The van der Waals surface area contributed by atoms with Gasteiger partial charge in [-0.15, -0.1) is 15.0 Å². The van der Waals surface area contributed by atoms with Gasteiger partial charge >= 0.3 is 0 Å². The molecule has 0 saturated carbocycles. The fourth-order valence-corrected chi connectivity index (χ4v) is 4.26. The van der Waals surface area contributed by atoms with Crippen LogP contribution < -0.4 is 4.74 Å². The molecule has 0 spiro atoms. The van der Waals surface area contributed by atoms with Gasteiger partial charge in [-0.05, 0) is 42.8 Å². The lowest BCUT2D eigenvalue weighted by Crippen LogP contribution is -2.07. The van der Waals surface area contributed by atoms with Gasteiger partial charge in [0.25, 0.3) is 10.1 Å². The quantitative estimate of drug-likeness (QED) is 0.222. The van der Waals surface area contributed by atoms with Crippen molar-refractivity contribution in [2.75, 3.05) is 7.11 Å². The molecule has 5 aromatic rings. The molecule has 0 bridgehead atoms. The minimum absolute atomic E-state index is 0.177. The molecule has 0 radical (unpaired) electrons. The Morgan fingerprint density at radius 2 is 1.45 bits per heavy atom. The summed E-state index contributed by atoms with van der Waals surface area (Å²) in [5.74, 6) is -1.08. The molecule has 0 aliphatic carbocycles. The van der Waals surface area contributed by atoms with Crippen LogP contribution in [-0.4, -0.2) is 51.1 Å². The summed E-state index contributed by atoms with van der Waals surface area (Å²) in [6.07, 6.45) is 0. The third-order valence-electron chi connectivity index (χ3n) is 5.47. The van der Waals surface area contributed by atoms with Crippen molar-refractivity contribution in [3.8, 4) is 22.9 Å². The van der Waals surface area contributed by atoms with Crippen LogP contribution in [-0.2, 0) is 10.1 Å². The zero-order valence-corrected chi connectivity index (χ0v) is 21.1. The lowest BCUT2D eigenvalue weighted by atomic mass is 10.0. The molecule has 0 unspecified atom stereocenters. The number of aryl methyl sites for hydroxylation is 1. The predicted octanol–water partition coefficient (Wildman–Crippen LogP) is 4.31. The minimum Gasteiger partial charge on any atom is -0.507 e. The maximum Gasteiger partial charge on any atom is 0.298 e. The largest absolute Gasteiger partial charge is 0.507 e. The highest BCUT2D eigenvalue weighted by Gasteiger charge is 2.23. The number of rotatable bonds is 5. The number of hydrogen-bond donors (Lipinski definition) is 3. The molecule has 194 valence electrons. The molecule has 0 atom stereocenters. The number of aromatic nitrogens is 3. The van der Waals surface area contributed by atoms with E-state index in [1.165, 1.54) is 24.0 Å². The molecule has 0 fully saturated rings.